The van der Waals surface area contributed by atoms with Crippen LogP contribution >= 0.6 is 0 Å². The summed E-state index contributed by atoms with van der Waals surface area (Å²) >= 11 is 0. The van der Waals surface area contributed by atoms with Crippen LogP contribution in [0.15, 0.2) is 82.2 Å². The Morgan fingerprint density at radius 3 is 2.62 bits per heavy atom. The Balaban J connectivity index is 1.45. The van der Waals surface area contributed by atoms with Gasteiger partial charge >= 0.3 is 0 Å². The van der Waals surface area contributed by atoms with Gasteiger partial charge in [-0.05, 0) is 47.3 Å². The van der Waals surface area contributed by atoms with E-state index in [1.165, 1.54) is 6.26 Å². The number of hydrogen-bond acceptors (Lipinski definition) is 4. The van der Waals surface area contributed by atoms with E-state index < -0.39 is 11.5 Å². The lowest BCUT2D eigenvalue weighted by Gasteiger charge is -2.08. The van der Waals surface area contributed by atoms with Crippen molar-refractivity contribution in [3.63, 3.8) is 0 Å². The van der Waals surface area contributed by atoms with Crippen LogP contribution in [0.3, 0.4) is 0 Å². The molecule has 2 aromatic carbocycles. The van der Waals surface area contributed by atoms with Crippen LogP contribution < -0.4 is 16.2 Å². The highest BCUT2D eigenvalue weighted by Gasteiger charge is 2.12. The Labute approximate surface area is 165 Å². The van der Waals surface area contributed by atoms with Crippen molar-refractivity contribution >= 4 is 28.4 Å². The number of carbonyl (C=O) groups excluding carboxylic acids is 2. The second kappa shape index (κ2) is 7.85. The Morgan fingerprint density at radius 1 is 0.931 bits per heavy atom. The van der Waals surface area contributed by atoms with Crippen molar-refractivity contribution in [2.24, 2.45) is 0 Å². The smallest absolute Gasteiger partial charge is 0.291 e. The molecule has 2 heterocycles. The number of aromatic nitrogens is 1. The van der Waals surface area contributed by atoms with Crippen LogP contribution in [0.2, 0.25) is 0 Å². The third-order valence-corrected chi connectivity index (χ3v) is 4.38. The number of hydrogen-bond donors (Lipinski definition) is 3. The van der Waals surface area contributed by atoms with Crippen LogP contribution in [0.25, 0.3) is 10.9 Å². The van der Waals surface area contributed by atoms with Gasteiger partial charge < -0.3 is 20.0 Å². The molecule has 4 rings (SSSR count). The molecule has 0 aliphatic heterocycles. The van der Waals surface area contributed by atoms with Gasteiger partial charge in [0.15, 0.2) is 5.76 Å². The fourth-order valence-electron chi connectivity index (χ4n) is 2.95. The number of furan rings is 1. The number of rotatable bonds is 5. The highest BCUT2D eigenvalue weighted by Crippen LogP contribution is 2.13. The molecule has 0 fully saturated rings. The average molecular weight is 387 g/mol. The summed E-state index contributed by atoms with van der Waals surface area (Å²) < 4.78 is 5.07. The Hall–Kier alpha value is -4.13. The normalized spacial score (nSPS) is 10.6. The molecule has 0 saturated heterocycles. The van der Waals surface area contributed by atoms with Crippen molar-refractivity contribution in [3.05, 3.63) is 100 Å². The summed E-state index contributed by atoms with van der Waals surface area (Å²) in [5, 5.41) is 6.25. The lowest BCUT2D eigenvalue weighted by molar-refractivity contribution is 0.0948. The molecule has 4 aromatic rings. The molecule has 2 amide bonds. The molecule has 2 aromatic heterocycles. The van der Waals surface area contributed by atoms with Crippen LogP contribution in [0.4, 0.5) is 5.69 Å². The fraction of sp³-hybridized carbons (Fsp3) is 0.0455. The van der Waals surface area contributed by atoms with Crippen molar-refractivity contribution in [1.82, 2.24) is 10.3 Å². The van der Waals surface area contributed by atoms with Gasteiger partial charge in [0.2, 0.25) is 0 Å². The summed E-state index contributed by atoms with van der Waals surface area (Å²) in [4.78, 5) is 39.5. The maximum absolute atomic E-state index is 12.5. The van der Waals surface area contributed by atoms with Gasteiger partial charge in [0.25, 0.3) is 17.4 Å². The summed E-state index contributed by atoms with van der Waals surface area (Å²) in [5.41, 5.74) is 1.62. The van der Waals surface area contributed by atoms with Crippen LogP contribution in [-0.4, -0.2) is 16.8 Å². The largest absolute Gasteiger partial charge is 0.459 e. The van der Waals surface area contributed by atoms with Gasteiger partial charge in [-0.3, -0.25) is 14.4 Å². The van der Waals surface area contributed by atoms with E-state index in [1.807, 2.05) is 24.3 Å². The maximum Gasteiger partial charge on any atom is 0.291 e. The van der Waals surface area contributed by atoms with Crippen molar-refractivity contribution in [1.29, 1.82) is 0 Å². The highest BCUT2D eigenvalue weighted by atomic mass is 16.3. The van der Waals surface area contributed by atoms with Crippen LogP contribution in [0, 0.1) is 0 Å². The minimum Gasteiger partial charge on any atom is -0.459 e. The van der Waals surface area contributed by atoms with Gasteiger partial charge in [-0.15, -0.1) is 0 Å². The monoisotopic (exact) mass is 387 g/mol. The molecule has 7 nitrogen and oxygen atoms in total. The van der Waals surface area contributed by atoms with Gasteiger partial charge in [0, 0.05) is 17.7 Å². The second-order valence-electron chi connectivity index (χ2n) is 6.41. The zero-order chi connectivity index (χ0) is 20.2. The van der Waals surface area contributed by atoms with Crippen LogP contribution in [0.1, 0.15) is 26.5 Å². The van der Waals surface area contributed by atoms with Gasteiger partial charge in [0.05, 0.1) is 6.26 Å². The second-order valence-corrected chi connectivity index (χ2v) is 6.41. The molecule has 0 bridgehead atoms. The molecule has 0 aliphatic rings. The first-order valence-corrected chi connectivity index (χ1v) is 8.94. The van der Waals surface area contributed by atoms with E-state index >= 15 is 0 Å². The lowest BCUT2D eigenvalue weighted by Crippen LogP contribution is -2.29. The average Bonchev–Trinajstić information content (AvgIpc) is 3.27. The molecule has 0 saturated carbocycles. The number of fused-ring (bicyclic) bond motifs is 1. The summed E-state index contributed by atoms with van der Waals surface area (Å²) in [5.74, 6) is -0.625. The Bertz CT molecular complexity index is 1240. The van der Waals surface area contributed by atoms with E-state index in [4.69, 9.17) is 4.42 Å². The molecule has 0 radical (unpaired) electrons. The first-order chi connectivity index (χ1) is 14.1. The maximum atomic E-state index is 12.5. The number of nitrogens with one attached hydrogen (secondary N) is 3. The number of para-hydroxylation sites is 1. The van der Waals surface area contributed by atoms with E-state index in [1.54, 1.807) is 42.5 Å². The van der Waals surface area contributed by atoms with Gasteiger partial charge in [-0.1, -0.05) is 30.3 Å². The lowest BCUT2D eigenvalue weighted by atomic mass is 10.1. The molecular formula is C22H17N3O4. The molecule has 7 heteroatoms. The number of carbonyl (C=O) groups is 2. The minimum absolute atomic E-state index is 0.0472. The van der Waals surface area contributed by atoms with Gasteiger partial charge in [-0.2, -0.15) is 0 Å². The van der Waals surface area contributed by atoms with Gasteiger partial charge in [-0.25, -0.2) is 0 Å². The van der Waals surface area contributed by atoms with Crippen LogP contribution in [-0.2, 0) is 6.54 Å². The van der Waals surface area contributed by atoms with E-state index in [2.05, 4.69) is 15.6 Å². The first-order valence-electron chi connectivity index (χ1n) is 8.94. The first kappa shape index (κ1) is 18.2. The van der Waals surface area contributed by atoms with E-state index in [-0.39, 0.29) is 23.8 Å². The molecular weight excluding hydrogens is 370 g/mol. The molecule has 0 unspecified atom stereocenters. The van der Waals surface area contributed by atoms with E-state index in [0.29, 0.717) is 11.2 Å². The van der Waals surface area contributed by atoms with Crippen molar-refractivity contribution in [3.8, 4) is 0 Å². The Kier molecular flexibility index (Phi) is 4.94. The molecule has 0 spiro atoms. The SMILES string of the molecule is O=C(Nc1cccc(CNC(=O)c2cc3ccccc3[nH]c2=O)c1)c1ccco1. The molecule has 3 N–H and O–H groups in total. The molecule has 0 atom stereocenters. The highest BCUT2D eigenvalue weighted by molar-refractivity contribution is 6.02. The molecule has 144 valence electrons. The standard InChI is InChI=1S/C22H17N3O4/c26-20(17-12-15-6-1-2-8-18(15)25-21(17)27)23-13-14-5-3-7-16(11-14)24-22(28)19-9-4-10-29-19/h1-12H,13H2,(H,23,26)(H,24,28)(H,25,27). The van der Waals surface area contributed by atoms with Crippen molar-refractivity contribution < 1.29 is 14.0 Å². The zero-order valence-electron chi connectivity index (χ0n) is 15.3. The zero-order valence-corrected chi connectivity index (χ0v) is 15.3. The van der Waals surface area contributed by atoms with E-state index in [9.17, 15) is 14.4 Å². The third-order valence-electron chi connectivity index (χ3n) is 4.38. The summed E-state index contributed by atoms with van der Waals surface area (Å²) in [7, 11) is 0. The van der Waals surface area contributed by atoms with Crippen LogP contribution in [0.5, 0.6) is 0 Å². The predicted molar refractivity (Wildman–Crippen MR) is 109 cm³/mol. The summed E-state index contributed by atoms with van der Waals surface area (Å²) in [6.45, 7) is 0.204. The fourth-order valence-corrected chi connectivity index (χ4v) is 2.95. The minimum atomic E-state index is -0.470. The molecule has 0 aliphatic carbocycles. The summed E-state index contributed by atoms with van der Waals surface area (Å²) in [6, 6.07) is 19.1. The number of benzene rings is 2. The van der Waals surface area contributed by atoms with Crippen molar-refractivity contribution in [2.75, 3.05) is 5.32 Å². The number of anilines is 1. The number of aromatic amines is 1. The topological polar surface area (TPSA) is 104 Å². The predicted octanol–water partition coefficient (Wildman–Crippen LogP) is 3.30. The van der Waals surface area contributed by atoms with Crippen molar-refractivity contribution in [2.45, 2.75) is 6.54 Å². The number of pyridine rings is 1. The van der Waals surface area contributed by atoms with Gasteiger partial charge in [0.1, 0.15) is 5.56 Å². The third kappa shape index (κ3) is 4.08. The number of amides is 2. The summed E-state index contributed by atoms with van der Waals surface area (Å²) in [6.07, 6.45) is 1.43. The van der Waals surface area contributed by atoms with E-state index in [0.717, 1.165) is 10.9 Å². The number of H-pyrrole nitrogens is 1. The molecule has 29 heavy (non-hydrogen) atoms. The quantitative estimate of drug-likeness (QED) is 0.489. The Morgan fingerprint density at radius 2 is 1.79 bits per heavy atom.